The summed E-state index contributed by atoms with van der Waals surface area (Å²) in [7, 11) is 1.65. The van der Waals surface area contributed by atoms with Crippen LogP contribution in [0.1, 0.15) is 31.7 Å². The minimum absolute atomic E-state index is 0.137. The summed E-state index contributed by atoms with van der Waals surface area (Å²) in [5.74, 6) is 0.138. The quantitative estimate of drug-likeness (QED) is 0.605. The Bertz CT molecular complexity index is 846. The van der Waals surface area contributed by atoms with Gasteiger partial charge in [-0.25, -0.2) is 0 Å². The summed E-state index contributed by atoms with van der Waals surface area (Å²) in [6.07, 6.45) is 0.857. The lowest BCUT2D eigenvalue weighted by atomic mass is 9.86. The number of carbonyl (C=O) groups is 2. The lowest BCUT2D eigenvalue weighted by Gasteiger charge is -2.36. The van der Waals surface area contributed by atoms with Gasteiger partial charge in [0.2, 0.25) is 0 Å². The van der Waals surface area contributed by atoms with Crippen LogP contribution in [-0.4, -0.2) is 56.7 Å². The van der Waals surface area contributed by atoms with Crippen molar-refractivity contribution in [1.82, 2.24) is 4.90 Å². The minimum atomic E-state index is -0.356. The van der Waals surface area contributed by atoms with Crippen molar-refractivity contribution in [3.05, 3.63) is 60.2 Å². The van der Waals surface area contributed by atoms with Crippen molar-refractivity contribution < 1.29 is 19.1 Å². The SMILES string of the molecule is CC[C@@H](C)[C@@H](C(=O)OCC(=O)N1CCN(c2ccc(OC)cc2)CC1)c1ccccc1. The lowest BCUT2D eigenvalue weighted by Crippen LogP contribution is -2.50. The van der Waals surface area contributed by atoms with Crippen LogP contribution in [0.3, 0.4) is 0 Å². The summed E-state index contributed by atoms with van der Waals surface area (Å²) in [6, 6.07) is 17.6. The highest BCUT2D eigenvalue weighted by Crippen LogP contribution is 2.28. The van der Waals surface area contributed by atoms with Gasteiger partial charge in [0, 0.05) is 31.9 Å². The van der Waals surface area contributed by atoms with Crippen molar-refractivity contribution in [1.29, 1.82) is 0 Å². The number of esters is 1. The fraction of sp³-hybridized carbons (Fsp3) is 0.440. The molecule has 166 valence electrons. The van der Waals surface area contributed by atoms with E-state index in [0.29, 0.717) is 13.1 Å². The van der Waals surface area contributed by atoms with E-state index < -0.39 is 0 Å². The van der Waals surface area contributed by atoms with Crippen LogP contribution in [0.25, 0.3) is 0 Å². The highest BCUT2D eigenvalue weighted by Gasteiger charge is 2.29. The van der Waals surface area contributed by atoms with Gasteiger partial charge in [0.25, 0.3) is 5.91 Å². The number of methoxy groups -OCH3 is 1. The molecule has 0 bridgehead atoms. The Kier molecular flexibility index (Phi) is 7.93. The molecule has 31 heavy (non-hydrogen) atoms. The van der Waals surface area contributed by atoms with E-state index in [-0.39, 0.29) is 30.3 Å². The van der Waals surface area contributed by atoms with Gasteiger partial charge in [0.15, 0.2) is 6.61 Å². The maximum absolute atomic E-state index is 12.8. The monoisotopic (exact) mass is 424 g/mol. The number of anilines is 1. The van der Waals surface area contributed by atoms with Gasteiger partial charge in [0.05, 0.1) is 13.0 Å². The van der Waals surface area contributed by atoms with E-state index in [0.717, 1.165) is 36.5 Å². The summed E-state index contributed by atoms with van der Waals surface area (Å²) in [5, 5.41) is 0. The predicted molar refractivity (Wildman–Crippen MR) is 121 cm³/mol. The number of carbonyl (C=O) groups excluding carboxylic acids is 2. The Balaban J connectivity index is 1.51. The Labute approximate surface area is 184 Å². The van der Waals surface area contributed by atoms with E-state index in [2.05, 4.69) is 11.8 Å². The summed E-state index contributed by atoms with van der Waals surface area (Å²) < 4.78 is 10.7. The smallest absolute Gasteiger partial charge is 0.314 e. The molecular weight excluding hydrogens is 392 g/mol. The standard InChI is InChI=1S/C25H32N2O4/c1-4-19(2)24(20-8-6-5-7-9-20)25(29)31-18-23(28)27-16-14-26(15-17-27)21-10-12-22(30-3)13-11-21/h5-13,19,24H,4,14-18H2,1-3H3/t19-,24-/m1/s1. The molecule has 2 aromatic rings. The molecule has 0 radical (unpaired) electrons. The minimum Gasteiger partial charge on any atom is -0.497 e. The van der Waals surface area contributed by atoms with Crippen molar-refractivity contribution in [2.24, 2.45) is 5.92 Å². The molecule has 0 spiro atoms. The Hall–Kier alpha value is -3.02. The number of ether oxygens (including phenoxy) is 2. The van der Waals surface area contributed by atoms with Gasteiger partial charge in [-0.05, 0) is 35.7 Å². The molecule has 0 aromatic heterocycles. The molecule has 6 nitrogen and oxygen atoms in total. The molecule has 1 amide bonds. The number of piperazine rings is 1. The molecule has 1 aliphatic heterocycles. The number of hydrogen-bond donors (Lipinski definition) is 0. The van der Waals surface area contributed by atoms with Gasteiger partial charge in [-0.15, -0.1) is 0 Å². The molecule has 1 saturated heterocycles. The first kappa shape index (κ1) is 22.7. The fourth-order valence-electron chi connectivity index (χ4n) is 3.91. The number of amides is 1. The average Bonchev–Trinajstić information content (AvgIpc) is 2.83. The average molecular weight is 425 g/mol. The van der Waals surface area contributed by atoms with Crippen LogP contribution in [-0.2, 0) is 14.3 Å². The summed E-state index contributed by atoms with van der Waals surface area (Å²) in [5.41, 5.74) is 2.04. The van der Waals surface area contributed by atoms with Gasteiger partial charge >= 0.3 is 5.97 Å². The van der Waals surface area contributed by atoms with Crippen molar-refractivity contribution >= 4 is 17.6 Å². The number of nitrogens with zero attached hydrogens (tertiary/aromatic N) is 2. The Morgan fingerprint density at radius 2 is 1.61 bits per heavy atom. The van der Waals surface area contributed by atoms with E-state index in [1.807, 2.05) is 61.5 Å². The Morgan fingerprint density at radius 3 is 2.19 bits per heavy atom. The first-order chi connectivity index (χ1) is 15.0. The molecule has 2 aromatic carbocycles. The van der Waals surface area contributed by atoms with Crippen LogP contribution < -0.4 is 9.64 Å². The molecule has 1 fully saturated rings. The van der Waals surface area contributed by atoms with Crippen molar-refractivity contribution in [2.45, 2.75) is 26.2 Å². The number of rotatable bonds is 8. The molecule has 1 aliphatic rings. The molecule has 6 heteroatoms. The van der Waals surface area contributed by atoms with E-state index >= 15 is 0 Å². The van der Waals surface area contributed by atoms with Gasteiger partial charge in [-0.3, -0.25) is 9.59 Å². The lowest BCUT2D eigenvalue weighted by molar-refractivity contribution is -0.154. The van der Waals surface area contributed by atoms with Crippen LogP contribution in [0.15, 0.2) is 54.6 Å². The van der Waals surface area contributed by atoms with E-state index in [9.17, 15) is 9.59 Å². The predicted octanol–water partition coefficient (Wildman–Crippen LogP) is 3.72. The largest absolute Gasteiger partial charge is 0.497 e. The van der Waals surface area contributed by atoms with Crippen LogP contribution >= 0.6 is 0 Å². The maximum Gasteiger partial charge on any atom is 0.314 e. The zero-order valence-corrected chi connectivity index (χ0v) is 18.6. The molecule has 3 rings (SSSR count). The molecule has 0 N–H and O–H groups in total. The van der Waals surface area contributed by atoms with Gasteiger partial charge in [0.1, 0.15) is 5.75 Å². The third-order valence-electron chi connectivity index (χ3n) is 6.03. The maximum atomic E-state index is 12.8. The van der Waals surface area contributed by atoms with Crippen LogP contribution in [0, 0.1) is 5.92 Å². The van der Waals surface area contributed by atoms with Crippen LogP contribution in [0.2, 0.25) is 0 Å². The van der Waals surface area contributed by atoms with Crippen LogP contribution in [0.5, 0.6) is 5.75 Å². The second-order valence-corrected chi connectivity index (χ2v) is 7.95. The summed E-state index contributed by atoms with van der Waals surface area (Å²) in [6.45, 7) is 6.59. The van der Waals surface area contributed by atoms with Crippen molar-refractivity contribution in [2.75, 3.05) is 44.8 Å². The number of hydrogen-bond acceptors (Lipinski definition) is 5. The van der Waals surface area contributed by atoms with E-state index in [1.165, 1.54) is 0 Å². The second kappa shape index (κ2) is 10.8. The van der Waals surface area contributed by atoms with Crippen LogP contribution in [0.4, 0.5) is 5.69 Å². The molecule has 0 aliphatic carbocycles. The summed E-state index contributed by atoms with van der Waals surface area (Å²) >= 11 is 0. The van der Waals surface area contributed by atoms with Crippen molar-refractivity contribution in [3.63, 3.8) is 0 Å². The third-order valence-corrected chi connectivity index (χ3v) is 6.03. The molecule has 1 heterocycles. The van der Waals surface area contributed by atoms with Crippen molar-refractivity contribution in [3.8, 4) is 5.75 Å². The topological polar surface area (TPSA) is 59.1 Å². The highest BCUT2D eigenvalue weighted by molar-refractivity contribution is 5.83. The zero-order chi connectivity index (χ0) is 22.2. The first-order valence-electron chi connectivity index (χ1n) is 10.9. The molecule has 2 atom stereocenters. The molecule has 0 saturated carbocycles. The fourth-order valence-corrected chi connectivity index (χ4v) is 3.91. The second-order valence-electron chi connectivity index (χ2n) is 7.95. The summed E-state index contributed by atoms with van der Waals surface area (Å²) in [4.78, 5) is 29.5. The van der Waals surface area contributed by atoms with Gasteiger partial charge < -0.3 is 19.3 Å². The third kappa shape index (κ3) is 5.78. The normalized spacial score (nSPS) is 15.8. The molecule has 0 unspecified atom stereocenters. The van der Waals surface area contributed by atoms with Gasteiger partial charge in [-0.2, -0.15) is 0 Å². The first-order valence-corrected chi connectivity index (χ1v) is 10.9. The zero-order valence-electron chi connectivity index (χ0n) is 18.6. The Morgan fingerprint density at radius 1 is 0.968 bits per heavy atom. The van der Waals surface area contributed by atoms with Gasteiger partial charge in [-0.1, -0.05) is 50.6 Å². The van der Waals surface area contributed by atoms with E-state index in [4.69, 9.17) is 9.47 Å². The molecular formula is C25H32N2O4. The van der Waals surface area contributed by atoms with E-state index in [1.54, 1.807) is 12.0 Å². The highest BCUT2D eigenvalue weighted by atomic mass is 16.5. The number of benzene rings is 2.